The van der Waals surface area contributed by atoms with Crippen LogP contribution in [0.3, 0.4) is 0 Å². The number of para-hydroxylation sites is 1. The number of nitrogens with two attached hydrogens (primary N) is 2. The number of pyridine rings is 1. The molecule has 0 aliphatic carbocycles. The molecular formula is C25H22N6OS. The predicted molar refractivity (Wildman–Crippen MR) is 138 cm³/mol. The van der Waals surface area contributed by atoms with Gasteiger partial charge in [-0.2, -0.15) is 0 Å². The summed E-state index contributed by atoms with van der Waals surface area (Å²) in [6.45, 7) is 0.188. The molecule has 5 N–H and O–H groups in total. The molecule has 3 aromatic carbocycles. The molecule has 0 unspecified atom stereocenters. The molecule has 164 valence electrons. The first-order chi connectivity index (χ1) is 16.0. The summed E-state index contributed by atoms with van der Waals surface area (Å²) in [4.78, 5) is 23.9. The minimum atomic E-state index is -0.147. The lowest BCUT2D eigenvalue weighted by atomic mass is 10.1. The summed E-state index contributed by atoms with van der Waals surface area (Å²) in [5.41, 5.74) is 16.7. The van der Waals surface area contributed by atoms with Crippen molar-refractivity contribution in [1.29, 1.82) is 0 Å². The minimum Gasteiger partial charge on any atom is -0.397 e. The number of aromatic nitrogens is 2. The molecule has 0 spiro atoms. The van der Waals surface area contributed by atoms with Crippen LogP contribution in [0.5, 0.6) is 0 Å². The van der Waals surface area contributed by atoms with Gasteiger partial charge in [-0.15, -0.1) is 11.3 Å². The summed E-state index contributed by atoms with van der Waals surface area (Å²) in [7, 11) is 1.88. The van der Waals surface area contributed by atoms with Crippen molar-refractivity contribution in [1.82, 2.24) is 9.97 Å². The van der Waals surface area contributed by atoms with E-state index in [0.29, 0.717) is 17.1 Å². The number of likely N-dealkylation sites (N-methyl/N-ethyl adjacent to an activating group) is 1. The van der Waals surface area contributed by atoms with Crippen LogP contribution in [0.25, 0.3) is 31.8 Å². The van der Waals surface area contributed by atoms with Crippen molar-refractivity contribution in [3.8, 4) is 10.7 Å². The SMILES string of the molecule is CN(CC(=O)Nc1ccc(N)c(N)c1)c1ccc2nc(-c3nc4ccccc4s3)ccc2c1. The second-order valence-electron chi connectivity index (χ2n) is 7.81. The maximum Gasteiger partial charge on any atom is 0.243 e. The van der Waals surface area contributed by atoms with Gasteiger partial charge in [-0.05, 0) is 54.6 Å². The minimum absolute atomic E-state index is 0.147. The van der Waals surface area contributed by atoms with E-state index in [4.69, 9.17) is 21.4 Å². The summed E-state index contributed by atoms with van der Waals surface area (Å²) < 4.78 is 1.14. The molecule has 2 heterocycles. The number of anilines is 4. The standard InChI is InChI=1S/C25H22N6OS/c1-31(14-24(32)28-16-7-9-18(26)19(27)13-16)17-8-11-20-15(12-17)6-10-22(29-20)25-30-21-4-2-3-5-23(21)33-25/h2-13H,14,26-27H2,1H3,(H,28,32). The van der Waals surface area contributed by atoms with Crippen LogP contribution >= 0.6 is 11.3 Å². The summed E-state index contributed by atoms with van der Waals surface area (Å²) in [6.07, 6.45) is 0. The van der Waals surface area contributed by atoms with Crippen LogP contribution in [-0.2, 0) is 4.79 Å². The van der Waals surface area contributed by atoms with Crippen molar-refractivity contribution in [3.63, 3.8) is 0 Å². The third-order valence-corrected chi connectivity index (χ3v) is 6.44. The van der Waals surface area contributed by atoms with Gasteiger partial charge >= 0.3 is 0 Å². The highest BCUT2D eigenvalue weighted by Crippen LogP contribution is 2.30. The fourth-order valence-electron chi connectivity index (χ4n) is 3.61. The second kappa shape index (κ2) is 8.40. The molecule has 0 saturated carbocycles. The Balaban J connectivity index is 1.32. The Kier molecular flexibility index (Phi) is 5.27. The van der Waals surface area contributed by atoms with E-state index in [9.17, 15) is 4.79 Å². The quantitative estimate of drug-likeness (QED) is 0.331. The van der Waals surface area contributed by atoms with Gasteiger partial charge in [0.2, 0.25) is 5.91 Å². The van der Waals surface area contributed by atoms with Gasteiger partial charge in [-0.1, -0.05) is 18.2 Å². The lowest BCUT2D eigenvalue weighted by Gasteiger charge is -2.19. The number of nitrogen functional groups attached to an aromatic ring is 2. The number of amides is 1. The number of fused-ring (bicyclic) bond motifs is 2. The number of carbonyl (C=O) groups is 1. The molecule has 0 radical (unpaired) electrons. The molecule has 7 nitrogen and oxygen atoms in total. The lowest BCUT2D eigenvalue weighted by Crippen LogP contribution is -2.30. The summed E-state index contributed by atoms with van der Waals surface area (Å²) in [6, 6.07) is 23.1. The molecule has 0 aliphatic heterocycles. The molecule has 2 aromatic heterocycles. The molecule has 33 heavy (non-hydrogen) atoms. The molecule has 5 aromatic rings. The molecule has 0 bridgehead atoms. The Morgan fingerprint density at radius 1 is 0.939 bits per heavy atom. The lowest BCUT2D eigenvalue weighted by molar-refractivity contribution is -0.114. The van der Waals surface area contributed by atoms with Gasteiger partial charge in [0.15, 0.2) is 0 Å². The van der Waals surface area contributed by atoms with Crippen LogP contribution in [-0.4, -0.2) is 29.5 Å². The van der Waals surface area contributed by atoms with Crippen molar-refractivity contribution < 1.29 is 4.79 Å². The first kappa shape index (κ1) is 20.7. The Hall–Kier alpha value is -4.17. The highest BCUT2D eigenvalue weighted by molar-refractivity contribution is 7.21. The average Bonchev–Trinajstić information content (AvgIpc) is 3.25. The maximum atomic E-state index is 12.5. The Labute approximate surface area is 194 Å². The number of hydrogen-bond acceptors (Lipinski definition) is 7. The number of hydrogen-bond donors (Lipinski definition) is 3. The van der Waals surface area contributed by atoms with E-state index >= 15 is 0 Å². The Morgan fingerprint density at radius 3 is 2.61 bits per heavy atom. The molecule has 5 rings (SSSR count). The van der Waals surface area contributed by atoms with E-state index in [1.165, 1.54) is 0 Å². The molecule has 0 fully saturated rings. The van der Waals surface area contributed by atoms with Crippen molar-refractivity contribution in [3.05, 3.63) is 72.8 Å². The third kappa shape index (κ3) is 4.28. The molecule has 1 amide bonds. The highest BCUT2D eigenvalue weighted by Gasteiger charge is 2.11. The summed E-state index contributed by atoms with van der Waals surface area (Å²) >= 11 is 1.63. The molecule has 0 atom stereocenters. The van der Waals surface area contributed by atoms with Gasteiger partial charge < -0.3 is 21.7 Å². The smallest absolute Gasteiger partial charge is 0.243 e. The van der Waals surface area contributed by atoms with Crippen molar-refractivity contribution in [2.75, 3.05) is 35.3 Å². The van der Waals surface area contributed by atoms with Crippen LogP contribution in [0.2, 0.25) is 0 Å². The van der Waals surface area contributed by atoms with Crippen LogP contribution in [0.15, 0.2) is 72.8 Å². The van der Waals surface area contributed by atoms with E-state index in [-0.39, 0.29) is 12.5 Å². The molecule has 0 saturated heterocycles. The Bertz CT molecular complexity index is 1460. The van der Waals surface area contributed by atoms with Gasteiger partial charge in [0.25, 0.3) is 0 Å². The normalized spacial score (nSPS) is 11.1. The summed E-state index contributed by atoms with van der Waals surface area (Å²) in [5.74, 6) is -0.147. The van der Waals surface area contributed by atoms with E-state index in [2.05, 4.69) is 11.4 Å². The van der Waals surface area contributed by atoms with Crippen molar-refractivity contribution in [2.24, 2.45) is 0 Å². The van der Waals surface area contributed by atoms with E-state index in [1.54, 1.807) is 29.5 Å². The number of thiazole rings is 1. The van der Waals surface area contributed by atoms with Gasteiger partial charge in [-0.25, -0.2) is 9.97 Å². The number of rotatable bonds is 5. The fraction of sp³-hybridized carbons (Fsp3) is 0.0800. The van der Waals surface area contributed by atoms with Crippen LogP contribution < -0.4 is 21.7 Å². The second-order valence-corrected chi connectivity index (χ2v) is 8.84. The van der Waals surface area contributed by atoms with Crippen LogP contribution in [0.1, 0.15) is 0 Å². The summed E-state index contributed by atoms with van der Waals surface area (Å²) in [5, 5.41) is 4.75. The zero-order valence-electron chi connectivity index (χ0n) is 17.9. The van der Waals surface area contributed by atoms with E-state index < -0.39 is 0 Å². The number of benzene rings is 3. The molecule has 0 aliphatic rings. The first-order valence-electron chi connectivity index (χ1n) is 10.4. The average molecular weight is 455 g/mol. The molecule has 8 heteroatoms. The largest absolute Gasteiger partial charge is 0.397 e. The topological polar surface area (TPSA) is 110 Å². The zero-order valence-corrected chi connectivity index (χ0v) is 18.8. The number of nitrogens with zero attached hydrogens (tertiary/aromatic N) is 3. The van der Waals surface area contributed by atoms with Gasteiger partial charge in [0, 0.05) is 23.8 Å². The predicted octanol–water partition coefficient (Wildman–Crippen LogP) is 4.75. The number of nitrogens with one attached hydrogen (secondary N) is 1. The maximum absolute atomic E-state index is 12.5. The highest BCUT2D eigenvalue weighted by atomic mass is 32.1. The van der Waals surface area contributed by atoms with E-state index in [0.717, 1.165) is 37.5 Å². The van der Waals surface area contributed by atoms with Crippen molar-refractivity contribution >= 4 is 61.1 Å². The molecular weight excluding hydrogens is 432 g/mol. The fourth-order valence-corrected chi connectivity index (χ4v) is 4.55. The van der Waals surface area contributed by atoms with Gasteiger partial charge in [-0.3, -0.25) is 4.79 Å². The number of carbonyl (C=O) groups excluding carboxylic acids is 1. The monoisotopic (exact) mass is 454 g/mol. The van der Waals surface area contributed by atoms with Crippen molar-refractivity contribution in [2.45, 2.75) is 0 Å². The third-order valence-electron chi connectivity index (χ3n) is 5.38. The zero-order chi connectivity index (χ0) is 22.9. The van der Waals surface area contributed by atoms with Gasteiger partial charge in [0.05, 0.1) is 39.3 Å². The van der Waals surface area contributed by atoms with Gasteiger partial charge in [0.1, 0.15) is 5.01 Å². The van der Waals surface area contributed by atoms with E-state index in [1.807, 2.05) is 60.5 Å². The Morgan fingerprint density at radius 2 is 1.79 bits per heavy atom. The first-order valence-corrected chi connectivity index (χ1v) is 11.2. The van der Waals surface area contributed by atoms with Crippen LogP contribution in [0, 0.1) is 0 Å². The van der Waals surface area contributed by atoms with Crippen LogP contribution in [0.4, 0.5) is 22.7 Å².